The Morgan fingerprint density at radius 2 is 1.96 bits per heavy atom. The van der Waals surface area contributed by atoms with Crippen LogP contribution in [0.2, 0.25) is 0 Å². The van der Waals surface area contributed by atoms with Crippen LogP contribution in [0.15, 0.2) is 48.5 Å². The molecule has 7 heteroatoms. The maximum absolute atomic E-state index is 11.5. The van der Waals surface area contributed by atoms with Crippen molar-refractivity contribution in [1.29, 1.82) is 0 Å². The van der Waals surface area contributed by atoms with Gasteiger partial charge in [0.15, 0.2) is 0 Å². The van der Waals surface area contributed by atoms with Gasteiger partial charge in [0.2, 0.25) is 5.75 Å². The highest BCUT2D eigenvalue weighted by molar-refractivity contribution is 5.67. The van der Waals surface area contributed by atoms with Crippen LogP contribution in [0.3, 0.4) is 0 Å². The smallest absolute Gasteiger partial charge is 0.408 e. The molecular weight excluding hydrogens is 312 g/mol. The number of hydrogen-bond donors (Lipinski definition) is 2. The van der Waals surface area contributed by atoms with E-state index in [-0.39, 0.29) is 18.7 Å². The average molecular weight is 326 g/mol. The molecule has 0 unspecified atom stereocenters. The number of amides is 1. The van der Waals surface area contributed by atoms with Crippen molar-refractivity contribution in [1.82, 2.24) is 5.32 Å². The lowest BCUT2D eigenvalue weighted by Gasteiger charge is -2.04. The van der Waals surface area contributed by atoms with Crippen LogP contribution >= 0.6 is 0 Å². The number of nitrogens with zero attached hydrogens (tertiary/aromatic N) is 1. The maximum atomic E-state index is 11.5. The summed E-state index contributed by atoms with van der Waals surface area (Å²) < 4.78 is 5.00. The van der Waals surface area contributed by atoms with Gasteiger partial charge < -0.3 is 15.2 Å². The van der Waals surface area contributed by atoms with Crippen LogP contribution in [-0.2, 0) is 11.3 Å². The predicted molar refractivity (Wildman–Crippen MR) is 86.3 cm³/mol. The monoisotopic (exact) mass is 326 g/mol. The summed E-state index contributed by atoms with van der Waals surface area (Å²) in [6.45, 7) is 0.127. The second-order valence-electron chi connectivity index (χ2n) is 4.65. The Balaban J connectivity index is 1.84. The van der Waals surface area contributed by atoms with Gasteiger partial charge in [-0.2, -0.15) is 0 Å². The van der Waals surface area contributed by atoms with Crippen LogP contribution in [0.25, 0.3) is 0 Å². The molecule has 0 aliphatic carbocycles. The normalized spacial score (nSPS) is 9.50. The third-order valence-electron chi connectivity index (χ3n) is 2.97. The lowest BCUT2D eigenvalue weighted by Crippen LogP contribution is -2.24. The first-order valence-electron chi connectivity index (χ1n) is 6.97. The first kappa shape index (κ1) is 16.8. The van der Waals surface area contributed by atoms with Gasteiger partial charge in [0.1, 0.15) is 6.61 Å². The molecule has 0 aliphatic rings. The number of alkyl carbamates (subject to hydrolysis) is 1. The standard InChI is InChI=1S/C17H14N2O5/c20-16-14(8-4-10-15(16)19(22)23)9-5-11-18-17(21)24-12-13-6-2-1-3-7-13/h1-4,6-8,10,20H,11-12H2,(H,18,21). The van der Waals surface area contributed by atoms with Gasteiger partial charge in [-0.15, -0.1) is 0 Å². The topological polar surface area (TPSA) is 102 Å². The number of carbonyl (C=O) groups is 1. The zero-order valence-corrected chi connectivity index (χ0v) is 12.6. The molecule has 0 saturated carbocycles. The Morgan fingerprint density at radius 3 is 2.67 bits per heavy atom. The van der Waals surface area contributed by atoms with Crippen molar-refractivity contribution in [2.45, 2.75) is 6.61 Å². The summed E-state index contributed by atoms with van der Waals surface area (Å²) in [5.74, 6) is 4.66. The third-order valence-corrected chi connectivity index (χ3v) is 2.97. The number of phenols is 1. The second kappa shape index (κ2) is 8.19. The summed E-state index contributed by atoms with van der Waals surface area (Å²) >= 11 is 0. The third kappa shape index (κ3) is 4.74. The van der Waals surface area contributed by atoms with Crippen LogP contribution in [0.5, 0.6) is 5.75 Å². The Morgan fingerprint density at radius 1 is 1.21 bits per heavy atom. The molecule has 0 atom stereocenters. The Labute approximate surface area is 138 Å². The van der Waals surface area contributed by atoms with E-state index in [2.05, 4.69) is 17.2 Å². The highest BCUT2D eigenvalue weighted by Crippen LogP contribution is 2.28. The summed E-state index contributed by atoms with van der Waals surface area (Å²) in [5.41, 5.74) is 0.556. The fraction of sp³-hybridized carbons (Fsp3) is 0.118. The second-order valence-corrected chi connectivity index (χ2v) is 4.65. The fourth-order valence-electron chi connectivity index (χ4n) is 1.81. The molecule has 0 aromatic heterocycles. The van der Waals surface area contributed by atoms with Gasteiger partial charge in [-0.3, -0.25) is 10.1 Å². The molecule has 0 heterocycles. The Kier molecular flexibility index (Phi) is 5.75. The number of nitrogens with one attached hydrogen (secondary N) is 1. The zero-order valence-electron chi connectivity index (χ0n) is 12.6. The van der Waals surface area contributed by atoms with E-state index >= 15 is 0 Å². The van der Waals surface area contributed by atoms with E-state index in [1.165, 1.54) is 18.2 Å². The molecule has 2 aromatic rings. The number of benzene rings is 2. The molecule has 0 aliphatic heterocycles. The molecule has 7 nitrogen and oxygen atoms in total. The number of rotatable bonds is 4. The summed E-state index contributed by atoms with van der Waals surface area (Å²) in [6.07, 6.45) is -0.628. The maximum Gasteiger partial charge on any atom is 0.408 e. The van der Waals surface area contributed by atoms with E-state index in [0.717, 1.165) is 5.56 Å². The Hall–Kier alpha value is -3.53. The van der Waals surface area contributed by atoms with Crippen LogP contribution in [0, 0.1) is 22.0 Å². The van der Waals surface area contributed by atoms with Gasteiger partial charge in [-0.1, -0.05) is 48.2 Å². The summed E-state index contributed by atoms with van der Waals surface area (Å²) in [5, 5.41) is 22.9. The van der Waals surface area contributed by atoms with Crippen molar-refractivity contribution < 1.29 is 19.6 Å². The van der Waals surface area contributed by atoms with E-state index in [4.69, 9.17) is 4.74 Å². The van der Waals surface area contributed by atoms with Crippen molar-refractivity contribution in [3.63, 3.8) is 0 Å². The fourth-order valence-corrected chi connectivity index (χ4v) is 1.81. The minimum atomic E-state index is -0.695. The molecule has 0 radical (unpaired) electrons. The molecule has 24 heavy (non-hydrogen) atoms. The van der Waals surface area contributed by atoms with Crippen molar-refractivity contribution in [2.75, 3.05) is 6.54 Å². The van der Waals surface area contributed by atoms with Gasteiger partial charge in [0.25, 0.3) is 0 Å². The van der Waals surface area contributed by atoms with Crippen LogP contribution in [-0.4, -0.2) is 22.7 Å². The van der Waals surface area contributed by atoms with E-state index in [0.29, 0.717) is 0 Å². The molecular formula is C17H14N2O5. The molecule has 1 amide bonds. The summed E-state index contributed by atoms with van der Waals surface area (Å²) in [4.78, 5) is 21.5. The molecule has 2 aromatic carbocycles. The van der Waals surface area contributed by atoms with E-state index in [1.54, 1.807) is 0 Å². The first-order valence-corrected chi connectivity index (χ1v) is 6.97. The highest BCUT2D eigenvalue weighted by Gasteiger charge is 2.14. The molecule has 122 valence electrons. The van der Waals surface area contributed by atoms with Gasteiger partial charge in [-0.05, 0) is 11.6 Å². The van der Waals surface area contributed by atoms with Crippen molar-refractivity contribution in [3.05, 3.63) is 69.8 Å². The van der Waals surface area contributed by atoms with Crippen molar-refractivity contribution in [2.24, 2.45) is 0 Å². The number of nitro groups is 1. The Bertz CT molecular complexity index is 794. The van der Waals surface area contributed by atoms with Crippen LogP contribution < -0.4 is 5.32 Å². The average Bonchev–Trinajstić information content (AvgIpc) is 2.58. The lowest BCUT2D eigenvalue weighted by molar-refractivity contribution is -0.385. The van der Waals surface area contributed by atoms with Gasteiger partial charge >= 0.3 is 11.8 Å². The minimum absolute atomic E-state index is 0.0181. The number of nitro benzene ring substituents is 1. The number of para-hydroxylation sites is 1. The van der Waals surface area contributed by atoms with E-state index in [1.807, 2.05) is 30.3 Å². The first-order chi connectivity index (χ1) is 11.6. The zero-order chi connectivity index (χ0) is 17.4. The molecule has 0 bridgehead atoms. The molecule has 0 spiro atoms. The quantitative estimate of drug-likeness (QED) is 0.511. The summed E-state index contributed by atoms with van der Waals surface area (Å²) in [7, 11) is 0. The highest BCUT2D eigenvalue weighted by atomic mass is 16.6. The number of hydrogen-bond acceptors (Lipinski definition) is 5. The van der Waals surface area contributed by atoms with Gasteiger partial charge in [0, 0.05) is 6.07 Å². The number of carbonyl (C=O) groups excluding carboxylic acids is 1. The predicted octanol–water partition coefficient (Wildman–Crippen LogP) is 2.58. The van der Waals surface area contributed by atoms with Crippen molar-refractivity contribution >= 4 is 11.8 Å². The van der Waals surface area contributed by atoms with E-state index in [9.17, 15) is 20.0 Å². The largest absolute Gasteiger partial charge is 0.501 e. The van der Waals surface area contributed by atoms with E-state index < -0.39 is 22.5 Å². The minimum Gasteiger partial charge on any atom is -0.501 e. The lowest BCUT2D eigenvalue weighted by atomic mass is 10.2. The number of phenolic OH excluding ortho intramolecular Hbond substituents is 1. The molecule has 2 rings (SSSR count). The number of aromatic hydroxyl groups is 1. The molecule has 0 saturated heterocycles. The van der Waals surface area contributed by atoms with Gasteiger partial charge in [-0.25, -0.2) is 4.79 Å². The molecule has 0 fully saturated rings. The van der Waals surface area contributed by atoms with Crippen LogP contribution in [0.1, 0.15) is 11.1 Å². The van der Waals surface area contributed by atoms with Crippen molar-refractivity contribution in [3.8, 4) is 17.6 Å². The SMILES string of the molecule is O=C(NCC#Cc1cccc([N+](=O)[O-])c1O)OCc1ccccc1. The van der Waals surface area contributed by atoms with Gasteiger partial charge in [0.05, 0.1) is 17.0 Å². The number of ether oxygens (including phenoxy) is 1. The van der Waals surface area contributed by atoms with Crippen LogP contribution in [0.4, 0.5) is 10.5 Å². The summed E-state index contributed by atoms with van der Waals surface area (Å²) in [6, 6.07) is 13.3. The molecule has 2 N–H and O–H groups in total.